The average molecular weight is 297 g/mol. The lowest BCUT2D eigenvalue weighted by Gasteiger charge is -2.08. The molecule has 21 heavy (non-hydrogen) atoms. The molecule has 0 saturated heterocycles. The molecule has 0 fully saturated rings. The van der Waals surface area contributed by atoms with Crippen LogP contribution in [0.1, 0.15) is 11.3 Å². The smallest absolute Gasteiger partial charge is 0.203 e. The molecule has 0 amide bonds. The van der Waals surface area contributed by atoms with Gasteiger partial charge in [0.2, 0.25) is 5.13 Å². The van der Waals surface area contributed by atoms with Crippen molar-refractivity contribution in [3.05, 3.63) is 53.0 Å². The fourth-order valence-corrected chi connectivity index (χ4v) is 2.78. The molecule has 5 heteroatoms. The van der Waals surface area contributed by atoms with Gasteiger partial charge in [0.1, 0.15) is 5.75 Å². The molecule has 1 N–H and O–H groups in total. The number of methoxy groups -OCH3 is 1. The Morgan fingerprint density at radius 3 is 2.86 bits per heavy atom. The summed E-state index contributed by atoms with van der Waals surface area (Å²) in [7, 11) is 1.67. The quantitative estimate of drug-likeness (QED) is 0.583. The summed E-state index contributed by atoms with van der Waals surface area (Å²) in [6, 6.07) is 12.2. The Kier molecular flexibility index (Phi) is 3.83. The topological polar surface area (TPSA) is 46.5 Å². The van der Waals surface area contributed by atoms with E-state index in [0.717, 1.165) is 32.9 Å². The first-order valence-corrected chi connectivity index (χ1v) is 7.43. The van der Waals surface area contributed by atoms with E-state index in [0.29, 0.717) is 0 Å². The molecule has 106 valence electrons. The zero-order chi connectivity index (χ0) is 14.7. The first kappa shape index (κ1) is 13.6. The van der Waals surface area contributed by atoms with E-state index in [4.69, 9.17) is 4.74 Å². The predicted octanol–water partition coefficient (Wildman–Crippen LogP) is 4.06. The maximum atomic E-state index is 5.43. The number of hydrogen-bond acceptors (Lipinski definition) is 5. The van der Waals surface area contributed by atoms with Crippen LogP contribution >= 0.6 is 11.3 Å². The zero-order valence-electron chi connectivity index (χ0n) is 11.8. The molecule has 0 spiro atoms. The largest absolute Gasteiger partial charge is 0.496 e. The number of hydrogen-bond donors (Lipinski definition) is 1. The van der Waals surface area contributed by atoms with Crippen molar-refractivity contribution in [1.29, 1.82) is 0 Å². The first-order chi connectivity index (χ1) is 10.3. The molecule has 2 aromatic carbocycles. The Hall–Kier alpha value is -2.40. The van der Waals surface area contributed by atoms with Gasteiger partial charge in [-0.05, 0) is 23.8 Å². The highest BCUT2D eigenvalue weighted by molar-refractivity contribution is 7.13. The van der Waals surface area contributed by atoms with E-state index >= 15 is 0 Å². The molecule has 1 aromatic heterocycles. The lowest BCUT2D eigenvalue weighted by atomic mass is 10.0. The number of ether oxygens (including phenoxy) is 1. The van der Waals surface area contributed by atoms with Crippen molar-refractivity contribution in [2.75, 3.05) is 12.5 Å². The molecule has 3 rings (SSSR count). The van der Waals surface area contributed by atoms with Gasteiger partial charge in [0.05, 0.1) is 19.0 Å². The number of aryl methyl sites for hydroxylation is 1. The third-order valence-electron chi connectivity index (χ3n) is 3.12. The summed E-state index contributed by atoms with van der Waals surface area (Å²) >= 11 is 1.53. The summed E-state index contributed by atoms with van der Waals surface area (Å²) < 4.78 is 5.43. The van der Waals surface area contributed by atoms with Gasteiger partial charge in [0.15, 0.2) is 0 Å². The van der Waals surface area contributed by atoms with Crippen LogP contribution in [0.25, 0.3) is 10.8 Å². The summed E-state index contributed by atoms with van der Waals surface area (Å²) in [4.78, 5) is 4.31. The van der Waals surface area contributed by atoms with Crippen LogP contribution in [0.3, 0.4) is 0 Å². The minimum Gasteiger partial charge on any atom is -0.496 e. The highest BCUT2D eigenvalue weighted by atomic mass is 32.1. The van der Waals surface area contributed by atoms with Gasteiger partial charge in [-0.2, -0.15) is 5.10 Å². The summed E-state index contributed by atoms with van der Waals surface area (Å²) in [5.74, 6) is 0.801. The van der Waals surface area contributed by atoms with E-state index in [1.807, 2.05) is 36.6 Å². The minimum absolute atomic E-state index is 0.781. The van der Waals surface area contributed by atoms with Crippen molar-refractivity contribution in [2.45, 2.75) is 6.92 Å². The summed E-state index contributed by atoms with van der Waals surface area (Å²) in [5.41, 5.74) is 4.89. The van der Waals surface area contributed by atoms with Gasteiger partial charge in [-0.1, -0.05) is 30.3 Å². The molecule has 3 aromatic rings. The van der Waals surface area contributed by atoms with Crippen molar-refractivity contribution >= 4 is 33.5 Å². The maximum absolute atomic E-state index is 5.43. The molecule has 0 bridgehead atoms. The second kappa shape index (κ2) is 5.93. The van der Waals surface area contributed by atoms with Gasteiger partial charge in [-0.3, -0.25) is 5.43 Å². The predicted molar refractivity (Wildman–Crippen MR) is 88.6 cm³/mol. The summed E-state index contributed by atoms with van der Waals surface area (Å²) in [6.45, 7) is 1.96. The molecule has 0 atom stereocenters. The van der Waals surface area contributed by atoms with Crippen LogP contribution < -0.4 is 10.2 Å². The van der Waals surface area contributed by atoms with Crippen LogP contribution in [0.4, 0.5) is 5.13 Å². The Bertz CT molecular complexity index is 795. The highest BCUT2D eigenvalue weighted by Crippen LogP contribution is 2.26. The van der Waals surface area contributed by atoms with Crippen LogP contribution in [-0.2, 0) is 0 Å². The van der Waals surface area contributed by atoms with Crippen molar-refractivity contribution in [3.63, 3.8) is 0 Å². The van der Waals surface area contributed by atoms with Crippen LogP contribution in [0.15, 0.2) is 46.9 Å². The van der Waals surface area contributed by atoms with E-state index in [1.54, 1.807) is 13.3 Å². The second-order valence-corrected chi connectivity index (χ2v) is 5.42. The number of rotatable bonds is 4. The van der Waals surface area contributed by atoms with Crippen LogP contribution in [-0.4, -0.2) is 18.3 Å². The third kappa shape index (κ3) is 2.87. The summed E-state index contributed by atoms with van der Waals surface area (Å²) in [6.07, 6.45) is 1.78. The highest BCUT2D eigenvalue weighted by Gasteiger charge is 2.05. The van der Waals surface area contributed by atoms with Crippen molar-refractivity contribution in [2.24, 2.45) is 5.10 Å². The number of hydrazone groups is 1. The van der Waals surface area contributed by atoms with E-state index < -0.39 is 0 Å². The standard InChI is InChI=1S/C16H15N3OS/c1-11-10-21-16(18-11)19-17-9-14-13-6-4-3-5-12(13)7-8-15(14)20-2/h3-10H,1-2H3,(H,18,19). The molecule has 0 aliphatic rings. The number of anilines is 1. The Morgan fingerprint density at radius 1 is 1.24 bits per heavy atom. The van der Waals surface area contributed by atoms with Gasteiger partial charge in [0.25, 0.3) is 0 Å². The lowest BCUT2D eigenvalue weighted by molar-refractivity contribution is 0.415. The van der Waals surface area contributed by atoms with E-state index in [-0.39, 0.29) is 0 Å². The molecule has 0 aliphatic carbocycles. The van der Waals surface area contributed by atoms with Crippen LogP contribution in [0, 0.1) is 6.92 Å². The Labute approximate surface area is 127 Å². The fraction of sp³-hybridized carbons (Fsp3) is 0.125. The van der Waals surface area contributed by atoms with Gasteiger partial charge in [-0.25, -0.2) is 4.98 Å². The molecular weight excluding hydrogens is 282 g/mol. The Morgan fingerprint density at radius 2 is 2.10 bits per heavy atom. The number of aromatic nitrogens is 1. The van der Waals surface area contributed by atoms with Gasteiger partial charge < -0.3 is 4.74 Å². The van der Waals surface area contributed by atoms with Crippen LogP contribution in [0.5, 0.6) is 5.75 Å². The molecule has 4 nitrogen and oxygen atoms in total. The molecule has 0 saturated carbocycles. The summed E-state index contributed by atoms with van der Waals surface area (Å²) in [5, 5.41) is 9.31. The molecule has 0 radical (unpaired) electrons. The third-order valence-corrected chi connectivity index (χ3v) is 3.99. The number of thiazole rings is 1. The maximum Gasteiger partial charge on any atom is 0.203 e. The molecule has 1 heterocycles. The van der Waals surface area contributed by atoms with Gasteiger partial charge in [-0.15, -0.1) is 11.3 Å². The van der Waals surface area contributed by atoms with Crippen molar-refractivity contribution in [3.8, 4) is 5.75 Å². The molecule has 0 unspecified atom stereocenters. The SMILES string of the molecule is COc1ccc2ccccc2c1C=NNc1nc(C)cs1. The van der Waals surface area contributed by atoms with Crippen molar-refractivity contribution in [1.82, 2.24) is 4.98 Å². The van der Waals surface area contributed by atoms with E-state index in [2.05, 4.69) is 27.6 Å². The lowest BCUT2D eigenvalue weighted by Crippen LogP contribution is -1.95. The number of benzene rings is 2. The molecular formula is C16H15N3OS. The second-order valence-electron chi connectivity index (χ2n) is 4.57. The number of fused-ring (bicyclic) bond motifs is 1. The number of nitrogens with zero attached hydrogens (tertiary/aromatic N) is 2. The van der Waals surface area contributed by atoms with Crippen LogP contribution in [0.2, 0.25) is 0 Å². The van der Waals surface area contributed by atoms with Gasteiger partial charge in [0, 0.05) is 10.9 Å². The fourth-order valence-electron chi connectivity index (χ4n) is 2.14. The monoisotopic (exact) mass is 297 g/mol. The van der Waals surface area contributed by atoms with E-state index in [1.165, 1.54) is 11.3 Å². The number of nitrogens with one attached hydrogen (secondary N) is 1. The average Bonchev–Trinajstić information content (AvgIpc) is 2.93. The zero-order valence-corrected chi connectivity index (χ0v) is 12.6. The van der Waals surface area contributed by atoms with Crippen molar-refractivity contribution < 1.29 is 4.74 Å². The normalized spacial score (nSPS) is 11.1. The van der Waals surface area contributed by atoms with Gasteiger partial charge >= 0.3 is 0 Å². The Balaban J connectivity index is 1.94. The van der Waals surface area contributed by atoms with E-state index in [9.17, 15) is 0 Å². The minimum atomic E-state index is 0.781. The molecule has 0 aliphatic heterocycles. The first-order valence-electron chi connectivity index (χ1n) is 6.55.